The fourth-order valence-electron chi connectivity index (χ4n) is 0.275. The van der Waals surface area contributed by atoms with Gasteiger partial charge in [0.2, 0.25) is 0 Å². The van der Waals surface area contributed by atoms with E-state index in [1.807, 2.05) is 0 Å². The summed E-state index contributed by atoms with van der Waals surface area (Å²) in [6.07, 6.45) is 0. The van der Waals surface area contributed by atoms with E-state index in [1.54, 1.807) is 21.6 Å². The van der Waals surface area contributed by atoms with Crippen LogP contribution in [0.4, 0.5) is 0 Å². The SMILES string of the molecule is CC(C)C(=S)SSC(=S)C(C)C. The minimum atomic E-state index is 0.465. The first kappa shape index (κ1) is 12.9. The molecule has 0 radical (unpaired) electrons. The van der Waals surface area contributed by atoms with Gasteiger partial charge < -0.3 is 0 Å². The van der Waals surface area contributed by atoms with Crippen LogP contribution in [0.2, 0.25) is 0 Å². The number of rotatable bonds is 2. The van der Waals surface area contributed by atoms with E-state index in [4.69, 9.17) is 24.4 Å². The summed E-state index contributed by atoms with van der Waals surface area (Å²) in [6, 6.07) is 0. The molecule has 0 fully saturated rings. The van der Waals surface area contributed by atoms with Gasteiger partial charge in [-0.15, -0.1) is 0 Å². The van der Waals surface area contributed by atoms with Crippen molar-refractivity contribution in [1.82, 2.24) is 0 Å². The number of hydrogen-bond acceptors (Lipinski definition) is 4. The normalized spacial score (nSPS) is 10.8. The topological polar surface area (TPSA) is 0 Å². The highest BCUT2D eigenvalue weighted by atomic mass is 33.1. The van der Waals surface area contributed by atoms with Crippen LogP contribution in [0.15, 0.2) is 0 Å². The molecule has 0 amide bonds. The third-order valence-electron chi connectivity index (χ3n) is 1.15. The molecule has 0 unspecified atom stereocenters. The van der Waals surface area contributed by atoms with E-state index < -0.39 is 0 Å². The average molecular weight is 238 g/mol. The highest BCUT2D eigenvalue weighted by Crippen LogP contribution is 2.30. The van der Waals surface area contributed by atoms with Crippen molar-refractivity contribution in [1.29, 1.82) is 0 Å². The van der Waals surface area contributed by atoms with Crippen molar-refractivity contribution in [2.75, 3.05) is 0 Å². The first-order valence-electron chi connectivity index (χ1n) is 3.87. The van der Waals surface area contributed by atoms with Gasteiger partial charge in [0, 0.05) is 0 Å². The molecule has 0 aliphatic rings. The fourth-order valence-corrected chi connectivity index (χ4v) is 3.08. The summed E-state index contributed by atoms with van der Waals surface area (Å²) in [7, 11) is 3.26. The molecule has 0 aliphatic heterocycles. The maximum Gasteiger partial charge on any atom is 0.0616 e. The van der Waals surface area contributed by atoms with Crippen molar-refractivity contribution in [3.05, 3.63) is 0 Å². The zero-order chi connectivity index (χ0) is 9.72. The summed E-state index contributed by atoms with van der Waals surface area (Å²) < 4.78 is 2.06. The second-order valence-corrected chi connectivity index (χ2v) is 6.72. The van der Waals surface area contributed by atoms with Crippen LogP contribution in [0.3, 0.4) is 0 Å². The maximum absolute atomic E-state index is 5.17. The lowest BCUT2D eigenvalue weighted by Gasteiger charge is -2.08. The van der Waals surface area contributed by atoms with Gasteiger partial charge >= 0.3 is 0 Å². The Balaban J connectivity index is 3.69. The number of thiocarbonyl (C=S) groups is 2. The molecule has 0 nitrogen and oxygen atoms in total. The van der Waals surface area contributed by atoms with Gasteiger partial charge in [0.1, 0.15) is 0 Å². The Bertz CT molecular complexity index is 152. The monoisotopic (exact) mass is 238 g/mol. The predicted octanol–water partition coefficient (Wildman–Crippen LogP) is 4.33. The molecule has 70 valence electrons. The Morgan fingerprint density at radius 3 is 1.25 bits per heavy atom. The van der Waals surface area contributed by atoms with Gasteiger partial charge in [-0.2, -0.15) is 0 Å². The van der Waals surface area contributed by atoms with Crippen LogP contribution in [0.1, 0.15) is 27.7 Å². The summed E-state index contributed by atoms with van der Waals surface area (Å²) in [5, 5.41) is 0. The molecule has 0 atom stereocenters. The van der Waals surface area contributed by atoms with E-state index in [0.29, 0.717) is 11.8 Å². The molecule has 0 aromatic rings. The van der Waals surface area contributed by atoms with E-state index in [1.165, 1.54) is 0 Å². The Morgan fingerprint density at radius 2 is 1.08 bits per heavy atom. The van der Waals surface area contributed by atoms with Crippen molar-refractivity contribution in [3.8, 4) is 0 Å². The van der Waals surface area contributed by atoms with E-state index in [2.05, 4.69) is 27.7 Å². The van der Waals surface area contributed by atoms with Crippen molar-refractivity contribution in [3.63, 3.8) is 0 Å². The highest BCUT2D eigenvalue weighted by Gasteiger charge is 2.08. The lowest BCUT2D eigenvalue weighted by molar-refractivity contribution is 0.915. The highest BCUT2D eigenvalue weighted by molar-refractivity contribution is 8.89. The van der Waals surface area contributed by atoms with E-state index in [0.717, 1.165) is 8.39 Å². The molecule has 0 spiro atoms. The van der Waals surface area contributed by atoms with Crippen LogP contribution in [-0.4, -0.2) is 8.39 Å². The van der Waals surface area contributed by atoms with Crippen LogP contribution in [-0.2, 0) is 0 Å². The zero-order valence-corrected chi connectivity index (χ0v) is 11.1. The molecule has 12 heavy (non-hydrogen) atoms. The molecule has 0 bridgehead atoms. The summed E-state index contributed by atoms with van der Waals surface area (Å²) >= 11 is 10.3. The van der Waals surface area contributed by atoms with Gasteiger partial charge in [0.15, 0.2) is 0 Å². The Kier molecular flexibility index (Phi) is 6.82. The fraction of sp³-hybridized carbons (Fsp3) is 0.750. The van der Waals surface area contributed by atoms with Crippen LogP contribution >= 0.6 is 46.0 Å². The van der Waals surface area contributed by atoms with Crippen LogP contribution in [0, 0.1) is 11.8 Å². The molecule has 0 aromatic heterocycles. The number of hydrogen-bond donors (Lipinski definition) is 0. The summed E-state index contributed by atoms with van der Waals surface area (Å²) in [5.41, 5.74) is 0. The van der Waals surface area contributed by atoms with E-state index in [-0.39, 0.29) is 0 Å². The van der Waals surface area contributed by atoms with Gasteiger partial charge in [-0.1, -0.05) is 52.1 Å². The third-order valence-corrected chi connectivity index (χ3v) is 5.91. The summed E-state index contributed by atoms with van der Waals surface area (Å²) in [6.45, 7) is 8.42. The minimum Gasteiger partial charge on any atom is -0.0762 e. The molecule has 0 aliphatic carbocycles. The molecule has 0 saturated carbocycles. The lowest BCUT2D eigenvalue weighted by Crippen LogP contribution is -2.00. The molecule has 0 rings (SSSR count). The molecular formula is C8H14S4. The first-order chi connectivity index (χ1) is 5.45. The Hall–Kier alpha value is 0.880. The van der Waals surface area contributed by atoms with Crippen molar-refractivity contribution in [2.24, 2.45) is 11.8 Å². The Labute approximate surface area is 93.7 Å². The van der Waals surface area contributed by atoms with Crippen LogP contribution in [0.5, 0.6) is 0 Å². The van der Waals surface area contributed by atoms with Gasteiger partial charge in [-0.25, -0.2) is 0 Å². The smallest absolute Gasteiger partial charge is 0.0616 e. The van der Waals surface area contributed by atoms with Gasteiger partial charge in [0.25, 0.3) is 0 Å². The molecule has 0 saturated heterocycles. The lowest BCUT2D eigenvalue weighted by atomic mass is 10.3. The minimum absolute atomic E-state index is 0.465. The summed E-state index contributed by atoms with van der Waals surface area (Å²) in [4.78, 5) is 0. The Morgan fingerprint density at radius 1 is 0.833 bits per heavy atom. The second-order valence-electron chi connectivity index (χ2n) is 3.11. The van der Waals surface area contributed by atoms with Gasteiger partial charge in [0.05, 0.1) is 8.39 Å². The largest absolute Gasteiger partial charge is 0.0762 e. The molecule has 0 heterocycles. The van der Waals surface area contributed by atoms with Crippen molar-refractivity contribution < 1.29 is 0 Å². The predicted molar refractivity (Wildman–Crippen MR) is 70.1 cm³/mol. The molecule has 0 aromatic carbocycles. The average Bonchev–Trinajstić information content (AvgIpc) is 1.98. The second kappa shape index (κ2) is 6.35. The standard InChI is InChI=1S/C8H14S4/c1-5(2)7(9)11-12-8(10)6(3)4/h5-6H,1-4H3. The maximum atomic E-state index is 5.17. The van der Waals surface area contributed by atoms with Gasteiger partial charge in [-0.05, 0) is 33.4 Å². The third kappa shape index (κ3) is 5.51. The molecule has 4 heteroatoms. The van der Waals surface area contributed by atoms with Crippen LogP contribution < -0.4 is 0 Å². The van der Waals surface area contributed by atoms with E-state index >= 15 is 0 Å². The molecular weight excluding hydrogens is 224 g/mol. The zero-order valence-electron chi connectivity index (χ0n) is 7.79. The molecule has 0 N–H and O–H groups in total. The van der Waals surface area contributed by atoms with Crippen molar-refractivity contribution >= 4 is 54.4 Å². The summed E-state index contributed by atoms with van der Waals surface area (Å²) in [5.74, 6) is 0.930. The first-order valence-corrected chi connectivity index (χ1v) is 6.84. The van der Waals surface area contributed by atoms with Crippen LogP contribution in [0.25, 0.3) is 0 Å². The quantitative estimate of drug-likeness (QED) is 0.518. The van der Waals surface area contributed by atoms with Gasteiger partial charge in [-0.3, -0.25) is 0 Å². The van der Waals surface area contributed by atoms with E-state index in [9.17, 15) is 0 Å². The van der Waals surface area contributed by atoms with Crippen molar-refractivity contribution in [2.45, 2.75) is 27.7 Å².